The zero-order valence-electron chi connectivity index (χ0n) is 16.6. The Bertz CT molecular complexity index is 1060. The maximum Gasteiger partial charge on any atom is 0.225 e. The predicted molar refractivity (Wildman–Crippen MR) is 116 cm³/mol. The molecule has 0 saturated heterocycles. The fourth-order valence-corrected chi connectivity index (χ4v) is 3.46. The molecule has 146 valence electrons. The highest BCUT2D eigenvalue weighted by Gasteiger charge is 2.18. The van der Waals surface area contributed by atoms with E-state index in [2.05, 4.69) is 34.6 Å². The quantitative estimate of drug-likeness (QED) is 0.436. The normalized spacial score (nSPS) is 11.3. The van der Waals surface area contributed by atoms with Crippen LogP contribution in [-0.4, -0.2) is 10.9 Å². The van der Waals surface area contributed by atoms with Crippen LogP contribution in [0.4, 0.5) is 5.69 Å². The van der Waals surface area contributed by atoms with Crippen molar-refractivity contribution in [2.45, 2.75) is 32.1 Å². The van der Waals surface area contributed by atoms with Crippen LogP contribution in [0.2, 0.25) is 0 Å². The summed E-state index contributed by atoms with van der Waals surface area (Å²) in [5.74, 6) is 0.888. The first-order valence-electron chi connectivity index (χ1n) is 9.90. The molecule has 0 fully saturated rings. The van der Waals surface area contributed by atoms with E-state index in [0.717, 1.165) is 16.6 Å². The first kappa shape index (κ1) is 18.9. The highest BCUT2D eigenvalue weighted by molar-refractivity contribution is 5.93. The molecule has 0 spiro atoms. The van der Waals surface area contributed by atoms with Gasteiger partial charge in [-0.2, -0.15) is 0 Å². The molecule has 0 saturated carbocycles. The van der Waals surface area contributed by atoms with Crippen LogP contribution in [0.25, 0.3) is 11.1 Å². The van der Waals surface area contributed by atoms with Crippen LogP contribution in [-0.2, 0) is 4.79 Å². The van der Waals surface area contributed by atoms with Crippen molar-refractivity contribution in [3.8, 4) is 0 Å². The van der Waals surface area contributed by atoms with Gasteiger partial charge in [0.1, 0.15) is 5.52 Å². The summed E-state index contributed by atoms with van der Waals surface area (Å²) in [6, 6.07) is 25.9. The molecule has 1 amide bonds. The topological polar surface area (TPSA) is 55.1 Å². The molecule has 4 nitrogen and oxygen atoms in total. The lowest BCUT2D eigenvalue weighted by Crippen LogP contribution is -2.16. The molecule has 3 aromatic carbocycles. The Morgan fingerprint density at radius 3 is 2.14 bits per heavy atom. The summed E-state index contributed by atoms with van der Waals surface area (Å²) in [6.45, 7) is 4.08. The van der Waals surface area contributed by atoms with Crippen LogP contribution in [0.5, 0.6) is 0 Å². The summed E-state index contributed by atoms with van der Waals surface area (Å²) in [5.41, 5.74) is 4.46. The molecule has 0 unspecified atom stereocenters. The summed E-state index contributed by atoms with van der Waals surface area (Å²) in [5, 5.41) is 3.02. The second-order valence-corrected chi connectivity index (χ2v) is 7.52. The number of carbonyl (C=O) groups excluding carboxylic acids is 1. The average Bonchev–Trinajstić information content (AvgIpc) is 3.17. The monoisotopic (exact) mass is 384 g/mol. The molecular formula is C25H24N2O2. The van der Waals surface area contributed by atoms with Crippen LogP contribution in [0, 0.1) is 0 Å². The molecule has 0 atom stereocenters. The van der Waals surface area contributed by atoms with Crippen molar-refractivity contribution in [2.75, 3.05) is 5.32 Å². The van der Waals surface area contributed by atoms with E-state index in [1.165, 1.54) is 0 Å². The molecule has 1 aromatic heterocycles. The number of hydrogen-bond donors (Lipinski definition) is 1. The SMILES string of the molecule is CC(C)c1nc2ccc(NC(=O)CC(c3ccccc3)c3ccccc3)cc2o1. The summed E-state index contributed by atoms with van der Waals surface area (Å²) in [6.07, 6.45) is 0.361. The summed E-state index contributed by atoms with van der Waals surface area (Å²) in [7, 11) is 0. The summed E-state index contributed by atoms with van der Waals surface area (Å²) in [4.78, 5) is 17.3. The number of amides is 1. The van der Waals surface area contributed by atoms with Crippen LogP contribution >= 0.6 is 0 Å². The number of benzene rings is 3. The van der Waals surface area contributed by atoms with E-state index >= 15 is 0 Å². The van der Waals surface area contributed by atoms with Gasteiger partial charge in [0.05, 0.1) is 0 Å². The molecule has 4 aromatic rings. The van der Waals surface area contributed by atoms with Gasteiger partial charge in [-0.05, 0) is 23.3 Å². The number of aromatic nitrogens is 1. The van der Waals surface area contributed by atoms with E-state index in [1.807, 2.05) is 68.4 Å². The van der Waals surface area contributed by atoms with E-state index in [-0.39, 0.29) is 17.7 Å². The molecule has 0 bridgehead atoms. The van der Waals surface area contributed by atoms with E-state index < -0.39 is 0 Å². The van der Waals surface area contributed by atoms with Crippen LogP contribution in [0.3, 0.4) is 0 Å². The Balaban J connectivity index is 1.54. The van der Waals surface area contributed by atoms with Crippen molar-refractivity contribution < 1.29 is 9.21 Å². The first-order valence-corrected chi connectivity index (χ1v) is 9.90. The maximum absolute atomic E-state index is 12.9. The molecule has 1 N–H and O–H groups in total. The molecule has 4 heteroatoms. The van der Waals surface area contributed by atoms with Crippen molar-refractivity contribution in [1.82, 2.24) is 4.98 Å². The van der Waals surface area contributed by atoms with Gasteiger partial charge in [-0.3, -0.25) is 4.79 Å². The Labute approximate surface area is 170 Å². The Morgan fingerprint density at radius 1 is 0.931 bits per heavy atom. The highest BCUT2D eigenvalue weighted by Crippen LogP contribution is 2.29. The van der Waals surface area contributed by atoms with E-state index in [9.17, 15) is 4.79 Å². The van der Waals surface area contributed by atoms with Gasteiger partial charge in [0.25, 0.3) is 0 Å². The van der Waals surface area contributed by atoms with E-state index in [4.69, 9.17) is 4.42 Å². The van der Waals surface area contributed by atoms with Crippen molar-refractivity contribution in [2.24, 2.45) is 0 Å². The highest BCUT2D eigenvalue weighted by atomic mass is 16.3. The van der Waals surface area contributed by atoms with E-state index in [0.29, 0.717) is 23.6 Å². The van der Waals surface area contributed by atoms with Gasteiger partial charge in [0.2, 0.25) is 5.91 Å². The lowest BCUT2D eigenvalue weighted by atomic mass is 9.88. The predicted octanol–water partition coefficient (Wildman–Crippen LogP) is 6.11. The second-order valence-electron chi connectivity index (χ2n) is 7.52. The summed E-state index contributed by atoms with van der Waals surface area (Å²) >= 11 is 0. The van der Waals surface area contributed by atoms with E-state index in [1.54, 1.807) is 0 Å². The van der Waals surface area contributed by atoms with Gasteiger partial charge in [0, 0.05) is 30.0 Å². The standard InChI is InChI=1S/C25H24N2O2/c1-17(2)25-27-22-14-13-20(15-23(22)29-25)26-24(28)16-21(18-9-5-3-6-10-18)19-11-7-4-8-12-19/h3-15,17,21H,16H2,1-2H3,(H,26,28). The molecule has 0 aliphatic rings. The average molecular weight is 384 g/mol. The van der Waals surface area contributed by atoms with Gasteiger partial charge in [-0.25, -0.2) is 4.98 Å². The fraction of sp³-hybridized carbons (Fsp3) is 0.200. The lowest BCUT2D eigenvalue weighted by Gasteiger charge is -2.18. The van der Waals surface area contributed by atoms with Gasteiger partial charge < -0.3 is 9.73 Å². The van der Waals surface area contributed by atoms with Crippen LogP contribution in [0.1, 0.15) is 49.1 Å². The number of rotatable bonds is 6. The number of nitrogens with one attached hydrogen (secondary N) is 1. The van der Waals surface area contributed by atoms with Crippen LogP contribution < -0.4 is 5.32 Å². The Kier molecular flexibility index (Phi) is 5.43. The zero-order chi connectivity index (χ0) is 20.2. The number of fused-ring (bicyclic) bond motifs is 1. The lowest BCUT2D eigenvalue weighted by molar-refractivity contribution is -0.116. The number of carbonyl (C=O) groups is 1. The van der Waals surface area contributed by atoms with Gasteiger partial charge in [-0.15, -0.1) is 0 Å². The number of nitrogens with zero attached hydrogens (tertiary/aromatic N) is 1. The zero-order valence-corrected chi connectivity index (χ0v) is 16.6. The van der Waals surface area contributed by atoms with Crippen molar-refractivity contribution >= 4 is 22.7 Å². The van der Waals surface area contributed by atoms with Crippen molar-refractivity contribution in [1.29, 1.82) is 0 Å². The molecule has 4 rings (SSSR count). The number of hydrogen-bond acceptors (Lipinski definition) is 3. The molecule has 29 heavy (non-hydrogen) atoms. The van der Waals surface area contributed by atoms with Crippen molar-refractivity contribution in [3.63, 3.8) is 0 Å². The minimum Gasteiger partial charge on any atom is -0.440 e. The van der Waals surface area contributed by atoms with Gasteiger partial charge in [-0.1, -0.05) is 74.5 Å². The van der Waals surface area contributed by atoms with Crippen molar-refractivity contribution in [3.05, 3.63) is 95.9 Å². The van der Waals surface area contributed by atoms with Crippen LogP contribution in [0.15, 0.2) is 83.3 Å². The largest absolute Gasteiger partial charge is 0.440 e. The molecular weight excluding hydrogens is 360 g/mol. The minimum atomic E-state index is -0.0364. The molecule has 0 aliphatic heterocycles. The second kappa shape index (κ2) is 8.31. The third-order valence-electron chi connectivity index (χ3n) is 4.98. The maximum atomic E-state index is 12.9. The fourth-order valence-electron chi connectivity index (χ4n) is 3.46. The minimum absolute atomic E-state index is 0.000968. The van der Waals surface area contributed by atoms with Gasteiger partial charge >= 0.3 is 0 Å². The smallest absolute Gasteiger partial charge is 0.225 e. The molecule has 0 radical (unpaired) electrons. The van der Waals surface area contributed by atoms with Gasteiger partial charge in [0.15, 0.2) is 11.5 Å². The third kappa shape index (κ3) is 4.37. The Morgan fingerprint density at radius 2 is 1.55 bits per heavy atom. The third-order valence-corrected chi connectivity index (χ3v) is 4.98. The Hall–Kier alpha value is -3.40. The number of oxazole rings is 1. The summed E-state index contributed by atoms with van der Waals surface area (Å²) < 4.78 is 5.81. The molecule has 1 heterocycles. The first-order chi connectivity index (χ1) is 14.1. The number of anilines is 1. The molecule has 0 aliphatic carbocycles.